The first-order chi connectivity index (χ1) is 4.88. The highest BCUT2D eigenvalue weighted by Crippen LogP contribution is 2.17. The third-order valence-electron chi connectivity index (χ3n) is 1.71. The standard InChI is InChI=1S/C6H9N3O/c1-5-6-8-7-4-9(6)2-3-10-5/h4-5H,2-3H2,1H3/t5-/m0/s1. The van der Waals surface area contributed by atoms with Crippen LogP contribution in [0.25, 0.3) is 0 Å². The van der Waals surface area contributed by atoms with Gasteiger partial charge in [0.05, 0.1) is 6.61 Å². The Bertz CT molecular complexity index is 233. The topological polar surface area (TPSA) is 39.9 Å². The molecule has 1 aliphatic rings. The predicted molar refractivity (Wildman–Crippen MR) is 34.4 cm³/mol. The first-order valence-electron chi connectivity index (χ1n) is 3.37. The fraction of sp³-hybridized carbons (Fsp3) is 0.667. The van der Waals surface area contributed by atoms with E-state index < -0.39 is 0 Å². The van der Waals surface area contributed by atoms with E-state index >= 15 is 0 Å². The molecule has 2 rings (SSSR count). The highest BCUT2D eigenvalue weighted by molar-refractivity contribution is 4.91. The first-order valence-corrected chi connectivity index (χ1v) is 3.37. The van der Waals surface area contributed by atoms with Crippen LogP contribution in [0.1, 0.15) is 18.9 Å². The summed E-state index contributed by atoms with van der Waals surface area (Å²) < 4.78 is 7.36. The van der Waals surface area contributed by atoms with Crippen LogP contribution >= 0.6 is 0 Å². The van der Waals surface area contributed by atoms with Gasteiger partial charge >= 0.3 is 0 Å². The van der Waals surface area contributed by atoms with E-state index in [-0.39, 0.29) is 6.10 Å². The molecule has 0 aliphatic carbocycles. The van der Waals surface area contributed by atoms with Crippen molar-refractivity contribution in [2.75, 3.05) is 6.61 Å². The van der Waals surface area contributed by atoms with Crippen LogP contribution < -0.4 is 0 Å². The lowest BCUT2D eigenvalue weighted by Crippen LogP contribution is -2.19. The summed E-state index contributed by atoms with van der Waals surface area (Å²) in [6.07, 6.45) is 1.85. The Hall–Kier alpha value is -0.900. The molecule has 0 spiro atoms. The van der Waals surface area contributed by atoms with Crippen LogP contribution in [-0.4, -0.2) is 21.4 Å². The van der Waals surface area contributed by atoms with Crippen LogP contribution in [0.3, 0.4) is 0 Å². The summed E-state index contributed by atoms with van der Waals surface area (Å²) in [6.45, 7) is 3.64. The van der Waals surface area contributed by atoms with E-state index in [9.17, 15) is 0 Å². The van der Waals surface area contributed by atoms with Crippen molar-refractivity contribution in [2.24, 2.45) is 0 Å². The largest absolute Gasteiger partial charge is 0.369 e. The molecular weight excluding hydrogens is 130 g/mol. The van der Waals surface area contributed by atoms with Crippen molar-refractivity contribution in [3.63, 3.8) is 0 Å². The predicted octanol–water partition coefficient (Wildman–Crippen LogP) is 0.369. The van der Waals surface area contributed by atoms with Crippen LogP contribution in [0, 0.1) is 0 Å². The molecule has 0 fully saturated rings. The fourth-order valence-electron chi connectivity index (χ4n) is 1.15. The van der Waals surface area contributed by atoms with Gasteiger partial charge in [0, 0.05) is 6.54 Å². The number of hydrogen-bond donors (Lipinski definition) is 0. The molecule has 0 amide bonds. The van der Waals surface area contributed by atoms with Crippen LogP contribution in [0.15, 0.2) is 6.33 Å². The maximum atomic E-state index is 5.34. The lowest BCUT2D eigenvalue weighted by Gasteiger charge is -2.19. The Labute approximate surface area is 58.8 Å². The van der Waals surface area contributed by atoms with E-state index in [0.717, 1.165) is 19.0 Å². The molecule has 0 bridgehead atoms. The number of nitrogens with zero attached hydrogens (tertiary/aromatic N) is 3. The summed E-state index contributed by atoms with van der Waals surface area (Å²) in [5, 5.41) is 7.71. The average molecular weight is 139 g/mol. The molecule has 1 atom stereocenters. The highest BCUT2D eigenvalue weighted by atomic mass is 16.5. The normalized spacial score (nSPS) is 24.3. The summed E-state index contributed by atoms with van der Waals surface area (Å²) >= 11 is 0. The van der Waals surface area contributed by atoms with Gasteiger partial charge in [-0.25, -0.2) is 0 Å². The Kier molecular flexibility index (Phi) is 1.20. The van der Waals surface area contributed by atoms with Gasteiger partial charge in [-0.15, -0.1) is 10.2 Å². The maximum absolute atomic E-state index is 5.34. The van der Waals surface area contributed by atoms with E-state index in [2.05, 4.69) is 10.2 Å². The van der Waals surface area contributed by atoms with Gasteiger partial charge in [0.1, 0.15) is 12.4 Å². The molecule has 0 radical (unpaired) electrons. The van der Waals surface area contributed by atoms with Crippen molar-refractivity contribution >= 4 is 0 Å². The van der Waals surface area contributed by atoms with Crippen LogP contribution in [0.5, 0.6) is 0 Å². The molecule has 1 aliphatic heterocycles. The molecule has 0 aromatic carbocycles. The third kappa shape index (κ3) is 0.724. The summed E-state index contributed by atoms with van der Waals surface area (Å²) in [5.41, 5.74) is 0. The Morgan fingerprint density at radius 3 is 3.50 bits per heavy atom. The molecule has 0 unspecified atom stereocenters. The number of fused-ring (bicyclic) bond motifs is 1. The number of aromatic nitrogens is 3. The van der Waals surface area contributed by atoms with Gasteiger partial charge in [-0.2, -0.15) is 0 Å². The molecule has 0 saturated carbocycles. The maximum Gasteiger partial charge on any atom is 0.161 e. The molecule has 0 saturated heterocycles. The van der Waals surface area contributed by atoms with Crippen molar-refractivity contribution in [3.8, 4) is 0 Å². The smallest absolute Gasteiger partial charge is 0.161 e. The van der Waals surface area contributed by atoms with Crippen LogP contribution in [0.2, 0.25) is 0 Å². The molecule has 54 valence electrons. The second kappa shape index (κ2) is 2.05. The zero-order chi connectivity index (χ0) is 6.97. The van der Waals surface area contributed by atoms with Gasteiger partial charge in [0.15, 0.2) is 5.82 Å². The molecule has 1 aromatic heterocycles. The number of hydrogen-bond acceptors (Lipinski definition) is 3. The molecule has 4 nitrogen and oxygen atoms in total. The van der Waals surface area contributed by atoms with Gasteiger partial charge in [-0.3, -0.25) is 0 Å². The summed E-state index contributed by atoms with van der Waals surface area (Å²) in [5.74, 6) is 0.936. The Balaban J connectivity index is 2.41. The number of ether oxygens (including phenoxy) is 1. The van der Waals surface area contributed by atoms with E-state index in [1.807, 2.05) is 11.5 Å². The SMILES string of the molecule is C[C@@H]1OCCn2cnnc21. The van der Waals surface area contributed by atoms with E-state index in [1.165, 1.54) is 0 Å². The second-order valence-electron chi connectivity index (χ2n) is 2.40. The average Bonchev–Trinajstić information content (AvgIpc) is 2.36. The summed E-state index contributed by atoms with van der Waals surface area (Å²) in [6, 6.07) is 0. The van der Waals surface area contributed by atoms with Crippen molar-refractivity contribution in [3.05, 3.63) is 12.2 Å². The van der Waals surface area contributed by atoms with Crippen molar-refractivity contribution in [1.29, 1.82) is 0 Å². The van der Waals surface area contributed by atoms with Crippen molar-refractivity contribution in [1.82, 2.24) is 14.8 Å². The van der Waals surface area contributed by atoms with Crippen molar-refractivity contribution < 1.29 is 4.74 Å². The first kappa shape index (κ1) is 5.85. The summed E-state index contributed by atoms with van der Waals surface area (Å²) in [4.78, 5) is 0. The molecule has 2 heterocycles. The molecular formula is C6H9N3O. The van der Waals surface area contributed by atoms with Gasteiger partial charge in [0.25, 0.3) is 0 Å². The van der Waals surface area contributed by atoms with Gasteiger partial charge in [-0.05, 0) is 6.92 Å². The lowest BCUT2D eigenvalue weighted by molar-refractivity contribution is 0.0292. The monoisotopic (exact) mass is 139 g/mol. The van der Waals surface area contributed by atoms with E-state index in [0.29, 0.717) is 0 Å². The van der Waals surface area contributed by atoms with E-state index in [1.54, 1.807) is 6.33 Å². The molecule has 0 N–H and O–H groups in total. The van der Waals surface area contributed by atoms with Crippen LogP contribution in [0.4, 0.5) is 0 Å². The molecule has 10 heavy (non-hydrogen) atoms. The zero-order valence-corrected chi connectivity index (χ0v) is 5.82. The van der Waals surface area contributed by atoms with Crippen molar-refractivity contribution in [2.45, 2.75) is 19.6 Å². The van der Waals surface area contributed by atoms with Crippen LogP contribution in [-0.2, 0) is 11.3 Å². The fourth-order valence-corrected chi connectivity index (χ4v) is 1.15. The third-order valence-corrected chi connectivity index (χ3v) is 1.71. The minimum Gasteiger partial charge on any atom is -0.369 e. The Morgan fingerprint density at radius 2 is 2.70 bits per heavy atom. The lowest BCUT2D eigenvalue weighted by atomic mass is 10.3. The van der Waals surface area contributed by atoms with Gasteiger partial charge in [0.2, 0.25) is 0 Å². The zero-order valence-electron chi connectivity index (χ0n) is 5.82. The second-order valence-corrected chi connectivity index (χ2v) is 2.40. The number of rotatable bonds is 0. The Morgan fingerprint density at radius 1 is 1.80 bits per heavy atom. The van der Waals surface area contributed by atoms with Gasteiger partial charge in [-0.1, -0.05) is 0 Å². The quantitative estimate of drug-likeness (QED) is 0.521. The summed E-state index contributed by atoms with van der Waals surface area (Å²) in [7, 11) is 0. The minimum absolute atomic E-state index is 0.108. The molecule has 1 aromatic rings. The van der Waals surface area contributed by atoms with E-state index in [4.69, 9.17) is 4.74 Å². The van der Waals surface area contributed by atoms with Gasteiger partial charge < -0.3 is 9.30 Å². The highest BCUT2D eigenvalue weighted by Gasteiger charge is 2.17. The minimum atomic E-state index is 0.108. The molecule has 4 heteroatoms.